The number of hydrogen-bond donors (Lipinski definition) is 3. The maximum atomic E-state index is 9.91. The molecule has 2 aliphatic rings. The minimum atomic E-state index is -0.928. The number of nitrogens with zero attached hydrogens (tertiary/aromatic N) is 1. The van der Waals surface area contributed by atoms with Gasteiger partial charge in [0.1, 0.15) is 30.8 Å². The fraction of sp³-hybridized carbons (Fsp3) is 0.600. The van der Waals surface area contributed by atoms with E-state index in [1.54, 1.807) is 14.2 Å². The highest BCUT2D eigenvalue weighted by molar-refractivity contribution is 5.61. The van der Waals surface area contributed by atoms with Gasteiger partial charge in [0, 0.05) is 46.4 Å². The second-order valence-corrected chi connectivity index (χ2v) is 10.1. The highest BCUT2D eigenvalue weighted by Crippen LogP contribution is 2.35. The molecule has 40 heavy (non-hydrogen) atoms. The zero-order valence-corrected chi connectivity index (χ0v) is 23.6. The Balaban J connectivity index is 1.47. The van der Waals surface area contributed by atoms with Crippen molar-refractivity contribution in [2.45, 2.75) is 37.3 Å². The summed E-state index contributed by atoms with van der Waals surface area (Å²) in [6, 6.07) is 14.2. The summed E-state index contributed by atoms with van der Waals surface area (Å²) in [7, 11) is 3.38. The van der Waals surface area contributed by atoms with E-state index in [-0.39, 0.29) is 31.3 Å². The van der Waals surface area contributed by atoms with Crippen molar-refractivity contribution in [1.82, 2.24) is 5.32 Å². The van der Waals surface area contributed by atoms with Crippen LogP contribution in [0.15, 0.2) is 42.5 Å². The second-order valence-electron chi connectivity index (χ2n) is 10.1. The quantitative estimate of drug-likeness (QED) is 0.264. The summed E-state index contributed by atoms with van der Waals surface area (Å²) in [5, 5.41) is 22.6. The number of aliphatic hydroxyl groups excluding tert-OH is 2. The first-order valence-electron chi connectivity index (χ1n) is 14.1. The van der Waals surface area contributed by atoms with Crippen LogP contribution in [0.5, 0.6) is 11.5 Å². The largest absolute Gasteiger partial charge is 0.491 e. The van der Waals surface area contributed by atoms with E-state index < -0.39 is 6.10 Å². The molecule has 0 spiro atoms. The number of piperidine rings is 1. The minimum absolute atomic E-state index is 0.0496. The maximum Gasteiger partial charge on any atom is 0.142 e. The van der Waals surface area contributed by atoms with Crippen LogP contribution < -0.4 is 19.7 Å². The molecule has 222 valence electrons. The van der Waals surface area contributed by atoms with E-state index in [0.717, 1.165) is 54.4 Å². The highest BCUT2D eigenvalue weighted by atomic mass is 16.5. The van der Waals surface area contributed by atoms with Crippen LogP contribution in [0.4, 0.5) is 5.69 Å². The highest BCUT2D eigenvalue weighted by Gasteiger charge is 2.36. The molecule has 0 bridgehead atoms. The lowest BCUT2D eigenvalue weighted by Gasteiger charge is -2.39. The van der Waals surface area contributed by atoms with Crippen LogP contribution in [-0.4, -0.2) is 109 Å². The molecule has 0 aliphatic carbocycles. The van der Waals surface area contributed by atoms with Crippen molar-refractivity contribution in [1.29, 1.82) is 0 Å². The van der Waals surface area contributed by atoms with Gasteiger partial charge >= 0.3 is 0 Å². The Morgan fingerprint density at radius 3 is 2.52 bits per heavy atom. The zero-order chi connectivity index (χ0) is 28.2. The molecule has 4 atom stereocenters. The van der Waals surface area contributed by atoms with Crippen molar-refractivity contribution in [2.75, 3.05) is 84.9 Å². The zero-order valence-electron chi connectivity index (χ0n) is 23.6. The van der Waals surface area contributed by atoms with E-state index in [2.05, 4.69) is 22.3 Å². The Hall–Kier alpha value is -2.44. The molecule has 2 heterocycles. The van der Waals surface area contributed by atoms with Crippen LogP contribution in [0.2, 0.25) is 0 Å². The standard InChI is InChI=1S/C30H44N2O8/c1-35-12-3-10-32-11-13-38-27-9-4-22(16-26(27)32)20-39-28-17-31-18-29(40-21-24(34)19-33)30(28)23-5-7-25(8-6-23)37-15-14-36-2/h4-9,16,24,28-31,33-34H,3,10-15,17-21H2,1-2H3/t24-,28+,29-,30-/m1/s1. The predicted molar refractivity (Wildman–Crippen MR) is 151 cm³/mol. The van der Waals surface area contributed by atoms with E-state index in [1.165, 1.54) is 0 Å². The Morgan fingerprint density at radius 1 is 1.00 bits per heavy atom. The monoisotopic (exact) mass is 560 g/mol. The summed E-state index contributed by atoms with van der Waals surface area (Å²) in [6.45, 7) is 5.58. The third-order valence-electron chi connectivity index (χ3n) is 7.25. The topological polar surface area (TPSA) is 111 Å². The molecule has 2 aromatic rings. The molecular weight excluding hydrogens is 516 g/mol. The molecular formula is C30H44N2O8. The summed E-state index contributed by atoms with van der Waals surface area (Å²) in [6.07, 6.45) is -0.388. The number of anilines is 1. The molecule has 0 saturated carbocycles. The van der Waals surface area contributed by atoms with E-state index in [0.29, 0.717) is 39.5 Å². The molecule has 0 radical (unpaired) electrons. The van der Waals surface area contributed by atoms with Crippen molar-refractivity contribution in [3.8, 4) is 11.5 Å². The number of rotatable bonds is 16. The number of fused-ring (bicyclic) bond motifs is 1. The van der Waals surface area contributed by atoms with Gasteiger partial charge in [0.2, 0.25) is 0 Å². The predicted octanol–water partition coefficient (Wildman–Crippen LogP) is 1.96. The average molecular weight is 561 g/mol. The van der Waals surface area contributed by atoms with Gasteiger partial charge in [0.05, 0.1) is 50.9 Å². The SMILES string of the molecule is COCCCN1CCOc2ccc(CO[C@H]3CNC[C@@H](OC[C@H](O)CO)[C@@H]3c3ccc(OCCOC)cc3)cc21. The fourth-order valence-electron chi connectivity index (χ4n) is 5.18. The first kappa shape index (κ1) is 30.5. The van der Waals surface area contributed by atoms with Crippen molar-refractivity contribution in [3.63, 3.8) is 0 Å². The van der Waals surface area contributed by atoms with Gasteiger partial charge in [-0.3, -0.25) is 0 Å². The molecule has 2 aromatic carbocycles. The normalized spacial score (nSPS) is 21.5. The molecule has 3 N–H and O–H groups in total. The molecule has 1 fully saturated rings. The van der Waals surface area contributed by atoms with E-state index in [9.17, 15) is 10.2 Å². The maximum absolute atomic E-state index is 9.91. The lowest BCUT2D eigenvalue weighted by Crippen LogP contribution is -2.51. The van der Waals surface area contributed by atoms with Crippen LogP contribution in [0.3, 0.4) is 0 Å². The smallest absolute Gasteiger partial charge is 0.142 e. The molecule has 4 rings (SSSR count). The minimum Gasteiger partial charge on any atom is -0.491 e. The molecule has 10 nitrogen and oxygen atoms in total. The van der Waals surface area contributed by atoms with Gasteiger partial charge in [-0.1, -0.05) is 18.2 Å². The molecule has 0 amide bonds. The number of nitrogens with one attached hydrogen (secondary N) is 1. The number of aliphatic hydroxyl groups is 2. The van der Waals surface area contributed by atoms with E-state index >= 15 is 0 Å². The number of hydrogen-bond acceptors (Lipinski definition) is 10. The Bertz CT molecular complexity index is 1010. The van der Waals surface area contributed by atoms with Crippen LogP contribution in [0.1, 0.15) is 23.5 Å². The van der Waals surface area contributed by atoms with Gasteiger partial charge in [-0.2, -0.15) is 0 Å². The van der Waals surface area contributed by atoms with Crippen molar-refractivity contribution >= 4 is 5.69 Å². The van der Waals surface area contributed by atoms with Gasteiger partial charge in [0.15, 0.2) is 0 Å². The fourth-order valence-corrected chi connectivity index (χ4v) is 5.18. The number of ether oxygens (including phenoxy) is 6. The third-order valence-corrected chi connectivity index (χ3v) is 7.25. The number of benzene rings is 2. The van der Waals surface area contributed by atoms with Crippen molar-refractivity contribution in [2.24, 2.45) is 0 Å². The van der Waals surface area contributed by atoms with E-state index in [1.807, 2.05) is 30.3 Å². The summed E-state index contributed by atoms with van der Waals surface area (Å²) >= 11 is 0. The lowest BCUT2D eigenvalue weighted by atomic mass is 9.85. The summed E-state index contributed by atoms with van der Waals surface area (Å²) in [5.74, 6) is 1.59. The number of methoxy groups -OCH3 is 2. The first-order chi connectivity index (χ1) is 19.6. The van der Waals surface area contributed by atoms with Crippen molar-refractivity contribution in [3.05, 3.63) is 53.6 Å². The molecule has 1 saturated heterocycles. The summed E-state index contributed by atoms with van der Waals surface area (Å²) in [4.78, 5) is 2.35. The van der Waals surface area contributed by atoms with Gasteiger partial charge in [-0.15, -0.1) is 0 Å². The summed E-state index contributed by atoms with van der Waals surface area (Å²) in [5.41, 5.74) is 3.22. The molecule has 10 heteroatoms. The van der Waals surface area contributed by atoms with E-state index in [4.69, 9.17) is 28.4 Å². The van der Waals surface area contributed by atoms with Crippen LogP contribution in [-0.2, 0) is 25.6 Å². The van der Waals surface area contributed by atoms with Crippen LogP contribution in [0, 0.1) is 0 Å². The molecule has 2 aliphatic heterocycles. The second kappa shape index (κ2) is 16.1. The van der Waals surface area contributed by atoms with Gasteiger partial charge in [-0.05, 0) is 41.8 Å². The average Bonchev–Trinajstić information content (AvgIpc) is 2.99. The van der Waals surface area contributed by atoms with Gasteiger partial charge in [0.25, 0.3) is 0 Å². The Morgan fingerprint density at radius 2 is 1.77 bits per heavy atom. The Kier molecular flexibility index (Phi) is 12.3. The third kappa shape index (κ3) is 8.53. The molecule has 0 unspecified atom stereocenters. The molecule has 0 aromatic heterocycles. The summed E-state index contributed by atoms with van der Waals surface area (Å²) < 4.78 is 34.6. The van der Waals surface area contributed by atoms with Crippen LogP contribution >= 0.6 is 0 Å². The van der Waals surface area contributed by atoms with Crippen molar-refractivity contribution < 1.29 is 38.6 Å². The Labute approximate surface area is 237 Å². The van der Waals surface area contributed by atoms with Gasteiger partial charge < -0.3 is 48.9 Å². The lowest BCUT2D eigenvalue weighted by molar-refractivity contribution is -0.0833. The van der Waals surface area contributed by atoms with Gasteiger partial charge in [-0.25, -0.2) is 0 Å². The first-order valence-corrected chi connectivity index (χ1v) is 14.1. The van der Waals surface area contributed by atoms with Crippen LogP contribution in [0.25, 0.3) is 0 Å².